The van der Waals surface area contributed by atoms with Gasteiger partial charge < -0.3 is 9.30 Å². The number of hydrogen-bond donors (Lipinski definition) is 0. The minimum atomic E-state index is 0.193. The smallest absolute Gasteiger partial charge is 0.245 e. The minimum Gasteiger partial charge on any atom is -0.473 e. The minimum absolute atomic E-state index is 0.193. The van der Waals surface area contributed by atoms with Gasteiger partial charge in [0.15, 0.2) is 11.2 Å². The Labute approximate surface area is 140 Å². The highest BCUT2D eigenvalue weighted by molar-refractivity contribution is 5.81. The zero-order valence-electron chi connectivity index (χ0n) is 14.2. The van der Waals surface area contributed by atoms with Crippen molar-refractivity contribution in [2.24, 2.45) is 7.05 Å². The van der Waals surface area contributed by atoms with Crippen molar-refractivity contribution in [3.05, 3.63) is 24.6 Å². The molecule has 0 bridgehead atoms. The molecule has 0 spiro atoms. The van der Waals surface area contributed by atoms with Gasteiger partial charge in [0.05, 0.1) is 11.8 Å². The zero-order chi connectivity index (χ0) is 16.7. The van der Waals surface area contributed by atoms with Crippen molar-refractivity contribution in [1.82, 2.24) is 29.3 Å². The van der Waals surface area contributed by atoms with Gasteiger partial charge in [-0.3, -0.25) is 4.68 Å². The fraction of sp³-hybridized carbons (Fsp3) is 0.471. The number of aromatic nitrogens is 6. The highest BCUT2D eigenvalue weighted by Crippen LogP contribution is 2.30. The first kappa shape index (κ1) is 15.1. The van der Waals surface area contributed by atoms with Gasteiger partial charge in [-0.15, -0.1) is 0 Å². The molecule has 1 unspecified atom stereocenters. The quantitative estimate of drug-likeness (QED) is 0.737. The molecule has 3 aromatic heterocycles. The summed E-state index contributed by atoms with van der Waals surface area (Å²) in [7, 11) is 1.97. The Morgan fingerprint density at radius 3 is 2.92 bits per heavy atom. The van der Waals surface area contributed by atoms with Crippen LogP contribution in [0.15, 0.2) is 12.5 Å². The Bertz CT molecular complexity index is 875. The molecular weight excluding hydrogens is 304 g/mol. The van der Waals surface area contributed by atoms with Gasteiger partial charge in [0.25, 0.3) is 0 Å². The summed E-state index contributed by atoms with van der Waals surface area (Å²) in [6.07, 6.45) is 8.96. The Morgan fingerprint density at radius 1 is 1.33 bits per heavy atom. The highest BCUT2D eigenvalue weighted by atomic mass is 16.5. The summed E-state index contributed by atoms with van der Waals surface area (Å²) in [6, 6.07) is 0. The van der Waals surface area contributed by atoms with E-state index in [1.165, 1.54) is 0 Å². The van der Waals surface area contributed by atoms with Crippen LogP contribution in [0.25, 0.3) is 22.6 Å². The molecule has 125 valence electrons. The van der Waals surface area contributed by atoms with Gasteiger partial charge in [0.1, 0.15) is 18.3 Å². The van der Waals surface area contributed by atoms with Crippen molar-refractivity contribution < 1.29 is 4.74 Å². The molecule has 1 radical (unpaired) electrons. The second kappa shape index (κ2) is 5.89. The molecule has 1 fully saturated rings. The molecule has 7 nitrogen and oxygen atoms in total. The Hall–Kier alpha value is -2.44. The number of fused-ring (bicyclic) bond motifs is 1. The molecule has 1 saturated carbocycles. The molecule has 24 heavy (non-hydrogen) atoms. The third-order valence-corrected chi connectivity index (χ3v) is 4.67. The molecule has 0 aliphatic heterocycles. The second-order valence-corrected chi connectivity index (χ2v) is 6.15. The number of hydrogen-bond acceptors (Lipinski definition) is 5. The van der Waals surface area contributed by atoms with E-state index in [9.17, 15) is 0 Å². The van der Waals surface area contributed by atoms with E-state index in [-0.39, 0.29) is 6.10 Å². The van der Waals surface area contributed by atoms with E-state index in [1.807, 2.05) is 22.5 Å². The van der Waals surface area contributed by atoms with Crippen LogP contribution >= 0.6 is 0 Å². The molecule has 1 aliphatic rings. The molecule has 3 aromatic rings. The van der Waals surface area contributed by atoms with Crippen molar-refractivity contribution in [3.8, 4) is 17.3 Å². The molecule has 0 aromatic carbocycles. The standard InChI is InChI=1S/C17H21N6O/c1-4-23-11(2)13(9-20-23)15-21-14-16(22(15)3)18-10-19-17(14)24-12-7-5-6-8-12/h5,9-10,12H,4,6-8H2,1-3H3. The lowest BCUT2D eigenvalue weighted by Gasteiger charge is -2.11. The van der Waals surface area contributed by atoms with Crippen LogP contribution in [0.4, 0.5) is 0 Å². The van der Waals surface area contributed by atoms with Gasteiger partial charge in [-0.2, -0.15) is 10.1 Å². The first-order valence-electron chi connectivity index (χ1n) is 8.37. The van der Waals surface area contributed by atoms with E-state index < -0.39 is 0 Å². The average Bonchev–Trinajstić information content (AvgIpc) is 3.29. The van der Waals surface area contributed by atoms with Crippen LogP contribution in [-0.2, 0) is 13.6 Å². The summed E-state index contributed by atoms with van der Waals surface area (Å²) in [5, 5.41) is 4.42. The molecule has 4 rings (SSSR count). The molecule has 0 N–H and O–H groups in total. The van der Waals surface area contributed by atoms with Crippen molar-refractivity contribution in [2.75, 3.05) is 0 Å². The van der Waals surface area contributed by atoms with Gasteiger partial charge in [-0.1, -0.05) is 0 Å². The van der Waals surface area contributed by atoms with Crippen molar-refractivity contribution >= 4 is 11.2 Å². The maximum atomic E-state index is 6.07. The number of ether oxygens (including phenoxy) is 1. The second-order valence-electron chi connectivity index (χ2n) is 6.15. The van der Waals surface area contributed by atoms with Crippen LogP contribution in [0.2, 0.25) is 0 Å². The maximum absolute atomic E-state index is 6.07. The normalized spacial score (nSPS) is 15.5. The summed E-state index contributed by atoms with van der Waals surface area (Å²) < 4.78 is 10.0. The van der Waals surface area contributed by atoms with Gasteiger partial charge in [0, 0.05) is 19.3 Å². The Balaban J connectivity index is 1.80. The van der Waals surface area contributed by atoms with Crippen LogP contribution < -0.4 is 4.74 Å². The van der Waals surface area contributed by atoms with Crippen LogP contribution in [0.1, 0.15) is 31.9 Å². The lowest BCUT2D eigenvalue weighted by molar-refractivity contribution is 0.206. The molecule has 1 aliphatic carbocycles. The zero-order valence-corrected chi connectivity index (χ0v) is 14.2. The first-order valence-corrected chi connectivity index (χ1v) is 8.37. The van der Waals surface area contributed by atoms with Crippen LogP contribution in [-0.4, -0.2) is 35.4 Å². The molecule has 7 heteroatoms. The predicted molar refractivity (Wildman–Crippen MR) is 90.5 cm³/mol. The topological polar surface area (TPSA) is 70.7 Å². The number of rotatable bonds is 4. The van der Waals surface area contributed by atoms with E-state index >= 15 is 0 Å². The third-order valence-electron chi connectivity index (χ3n) is 4.67. The van der Waals surface area contributed by atoms with Crippen LogP contribution in [0.3, 0.4) is 0 Å². The summed E-state index contributed by atoms with van der Waals surface area (Å²) in [5.74, 6) is 1.41. The van der Waals surface area contributed by atoms with E-state index in [1.54, 1.807) is 6.33 Å². The molecular formula is C17H21N6O. The summed E-state index contributed by atoms with van der Waals surface area (Å²) in [4.78, 5) is 13.5. The fourth-order valence-corrected chi connectivity index (χ4v) is 3.28. The monoisotopic (exact) mass is 325 g/mol. The Kier molecular flexibility index (Phi) is 3.70. The van der Waals surface area contributed by atoms with Crippen molar-refractivity contribution in [1.29, 1.82) is 0 Å². The van der Waals surface area contributed by atoms with Gasteiger partial charge in [-0.25, -0.2) is 9.97 Å². The van der Waals surface area contributed by atoms with Gasteiger partial charge in [0.2, 0.25) is 5.88 Å². The Morgan fingerprint density at radius 2 is 2.21 bits per heavy atom. The van der Waals surface area contributed by atoms with Crippen LogP contribution in [0.5, 0.6) is 5.88 Å². The average molecular weight is 325 g/mol. The van der Waals surface area contributed by atoms with E-state index in [0.29, 0.717) is 11.4 Å². The molecule has 0 saturated heterocycles. The van der Waals surface area contributed by atoms with E-state index in [0.717, 1.165) is 48.5 Å². The SMILES string of the molecule is CCn1ncc(-c2nc3c(OC4C[CH]CC4)ncnc3n2C)c1C. The fourth-order valence-electron chi connectivity index (χ4n) is 3.28. The first-order chi connectivity index (χ1) is 11.7. The van der Waals surface area contributed by atoms with Gasteiger partial charge in [-0.05, 0) is 39.5 Å². The number of imidazole rings is 1. The lowest BCUT2D eigenvalue weighted by Crippen LogP contribution is -2.12. The van der Waals surface area contributed by atoms with Crippen molar-refractivity contribution in [3.63, 3.8) is 0 Å². The lowest BCUT2D eigenvalue weighted by atomic mass is 10.2. The van der Waals surface area contributed by atoms with E-state index in [4.69, 9.17) is 9.72 Å². The molecule has 0 amide bonds. The van der Waals surface area contributed by atoms with E-state index in [2.05, 4.69) is 35.3 Å². The van der Waals surface area contributed by atoms with Crippen molar-refractivity contribution in [2.45, 2.75) is 45.8 Å². The highest BCUT2D eigenvalue weighted by Gasteiger charge is 2.22. The van der Waals surface area contributed by atoms with Gasteiger partial charge >= 0.3 is 0 Å². The summed E-state index contributed by atoms with van der Waals surface area (Å²) in [6.45, 7) is 4.97. The number of nitrogens with zero attached hydrogens (tertiary/aromatic N) is 6. The maximum Gasteiger partial charge on any atom is 0.245 e. The van der Waals surface area contributed by atoms with Crippen LogP contribution in [0, 0.1) is 13.3 Å². The predicted octanol–water partition coefficient (Wildman–Crippen LogP) is 2.69. The molecule has 3 heterocycles. The molecule has 1 atom stereocenters. The summed E-state index contributed by atoms with van der Waals surface area (Å²) in [5.41, 5.74) is 3.60. The third kappa shape index (κ3) is 2.35. The number of aryl methyl sites for hydroxylation is 2. The summed E-state index contributed by atoms with van der Waals surface area (Å²) >= 11 is 0. The largest absolute Gasteiger partial charge is 0.473 e.